The Hall–Kier alpha value is -1.88. The molecule has 0 fully saturated rings. The molecule has 5 nitrogen and oxygen atoms in total. The first-order chi connectivity index (χ1) is 6.40. The Labute approximate surface area is 75.2 Å². The Morgan fingerprint density at radius 3 is 3.00 bits per heavy atom. The van der Waals surface area contributed by atoms with Crippen molar-refractivity contribution in [3.63, 3.8) is 0 Å². The van der Waals surface area contributed by atoms with Crippen LogP contribution in [0.3, 0.4) is 0 Å². The number of nitrogens with zero attached hydrogens (tertiary/aromatic N) is 3. The zero-order valence-electron chi connectivity index (χ0n) is 6.88. The summed E-state index contributed by atoms with van der Waals surface area (Å²) in [4.78, 5) is 8.15. The molecule has 0 spiro atoms. The van der Waals surface area contributed by atoms with Gasteiger partial charge in [0.25, 0.3) is 0 Å². The molecule has 0 saturated carbocycles. The molecule has 2 heterocycles. The molecule has 2 aromatic heterocycles. The Bertz CT molecular complexity index is 381. The van der Waals surface area contributed by atoms with Crippen molar-refractivity contribution in [1.82, 2.24) is 14.5 Å². The zero-order valence-corrected chi connectivity index (χ0v) is 6.88. The van der Waals surface area contributed by atoms with Crippen LogP contribution >= 0.6 is 0 Å². The number of rotatable bonds is 2. The summed E-state index contributed by atoms with van der Waals surface area (Å²) < 4.78 is 1.81. The quantitative estimate of drug-likeness (QED) is 0.516. The fourth-order valence-corrected chi connectivity index (χ4v) is 1.04. The van der Waals surface area contributed by atoms with Gasteiger partial charge in [-0.05, 0) is 12.1 Å². The summed E-state index contributed by atoms with van der Waals surface area (Å²) in [6.45, 7) is 0. The predicted octanol–water partition coefficient (Wildman–Crippen LogP) is 0.553. The van der Waals surface area contributed by atoms with Gasteiger partial charge < -0.3 is 5.43 Å². The molecule has 5 heteroatoms. The highest BCUT2D eigenvalue weighted by Crippen LogP contribution is 2.07. The third-order valence-electron chi connectivity index (χ3n) is 1.65. The number of aromatic nitrogens is 3. The fourth-order valence-electron chi connectivity index (χ4n) is 1.04. The second kappa shape index (κ2) is 3.24. The van der Waals surface area contributed by atoms with Gasteiger partial charge in [-0.1, -0.05) is 6.07 Å². The lowest BCUT2D eigenvalue weighted by molar-refractivity contribution is 0.991. The van der Waals surface area contributed by atoms with E-state index in [9.17, 15) is 0 Å². The molecule has 13 heavy (non-hydrogen) atoms. The van der Waals surface area contributed by atoms with Crippen LogP contribution in [0.2, 0.25) is 0 Å². The molecular formula is C8H9N5. The number of nitrogen functional groups attached to an aromatic ring is 1. The molecule has 0 saturated heterocycles. The topological polar surface area (TPSA) is 68.8 Å². The highest BCUT2D eigenvalue weighted by molar-refractivity contribution is 5.38. The van der Waals surface area contributed by atoms with Gasteiger partial charge in [-0.25, -0.2) is 15.8 Å². The minimum atomic E-state index is 0.631. The molecule has 0 aliphatic heterocycles. The van der Waals surface area contributed by atoms with Gasteiger partial charge in [-0.2, -0.15) is 0 Å². The van der Waals surface area contributed by atoms with E-state index in [1.54, 1.807) is 23.2 Å². The Balaban J connectivity index is 2.41. The summed E-state index contributed by atoms with van der Waals surface area (Å²) >= 11 is 0. The maximum Gasteiger partial charge on any atom is 0.142 e. The van der Waals surface area contributed by atoms with Crippen LogP contribution < -0.4 is 11.3 Å². The van der Waals surface area contributed by atoms with Gasteiger partial charge in [0.2, 0.25) is 0 Å². The van der Waals surface area contributed by atoms with E-state index in [1.807, 2.05) is 18.3 Å². The van der Waals surface area contributed by atoms with Gasteiger partial charge in [-0.15, -0.1) is 0 Å². The summed E-state index contributed by atoms with van der Waals surface area (Å²) in [5, 5.41) is 0. The van der Waals surface area contributed by atoms with E-state index in [2.05, 4.69) is 15.4 Å². The normalized spacial score (nSPS) is 9.92. The summed E-state index contributed by atoms with van der Waals surface area (Å²) in [5.74, 6) is 6.65. The smallest absolute Gasteiger partial charge is 0.142 e. The summed E-state index contributed by atoms with van der Waals surface area (Å²) in [6.07, 6.45) is 5.20. The lowest BCUT2D eigenvalue weighted by atomic mass is 10.4. The van der Waals surface area contributed by atoms with Crippen molar-refractivity contribution in [2.24, 2.45) is 5.84 Å². The van der Waals surface area contributed by atoms with Crippen LogP contribution in [0.4, 0.5) is 5.82 Å². The first-order valence-corrected chi connectivity index (χ1v) is 3.82. The third kappa shape index (κ3) is 1.50. The average Bonchev–Trinajstić information content (AvgIpc) is 2.71. The summed E-state index contributed by atoms with van der Waals surface area (Å²) in [5.41, 5.74) is 2.48. The van der Waals surface area contributed by atoms with Crippen molar-refractivity contribution in [1.29, 1.82) is 0 Å². The first-order valence-electron chi connectivity index (χ1n) is 3.82. The summed E-state index contributed by atoms with van der Waals surface area (Å²) in [6, 6.07) is 5.54. The average molecular weight is 175 g/mol. The molecule has 0 atom stereocenters. The molecule has 0 aliphatic rings. The lowest BCUT2D eigenvalue weighted by Gasteiger charge is -2.02. The van der Waals surface area contributed by atoms with Crippen LogP contribution in [-0.2, 0) is 0 Å². The maximum absolute atomic E-state index is 5.23. The molecule has 0 bridgehead atoms. The highest BCUT2D eigenvalue weighted by atomic mass is 15.3. The van der Waals surface area contributed by atoms with Crippen molar-refractivity contribution in [2.75, 3.05) is 5.43 Å². The third-order valence-corrected chi connectivity index (χ3v) is 1.65. The molecule has 2 aromatic rings. The van der Waals surface area contributed by atoms with Crippen LogP contribution in [0.5, 0.6) is 0 Å². The van der Waals surface area contributed by atoms with Crippen molar-refractivity contribution in [3.05, 3.63) is 36.9 Å². The highest BCUT2D eigenvalue weighted by Gasteiger charge is 1.96. The van der Waals surface area contributed by atoms with Crippen molar-refractivity contribution < 1.29 is 0 Å². The standard InChI is InChI=1S/C8H9N5/c9-12-7-2-1-3-8(11-7)13-5-4-10-6-13/h1-6H,9H2,(H,11,12). The monoisotopic (exact) mass is 175 g/mol. The largest absolute Gasteiger partial charge is 0.308 e. The van der Waals surface area contributed by atoms with Gasteiger partial charge in [0.15, 0.2) is 0 Å². The van der Waals surface area contributed by atoms with E-state index in [-0.39, 0.29) is 0 Å². The fraction of sp³-hybridized carbons (Fsp3) is 0. The summed E-state index contributed by atoms with van der Waals surface area (Å²) in [7, 11) is 0. The zero-order chi connectivity index (χ0) is 9.10. The number of hydrogen-bond donors (Lipinski definition) is 2. The Morgan fingerprint density at radius 2 is 2.31 bits per heavy atom. The number of hydrogen-bond acceptors (Lipinski definition) is 4. The second-order valence-corrected chi connectivity index (χ2v) is 2.50. The molecule has 0 unspecified atom stereocenters. The minimum Gasteiger partial charge on any atom is -0.308 e. The first kappa shape index (κ1) is 7.75. The number of pyridine rings is 1. The Morgan fingerprint density at radius 1 is 1.38 bits per heavy atom. The van der Waals surface area contributed by atoms with Gasteiger partial charge in [0.1, 0.15) is 18.0 Å². The van der Waals surface area contributed by atoms with Crippen LogP contribution in [0.15, 0.2) is 36.9 Å². The second-order valence-electron chi connectivity index (χ2n) is 2.50. The Kier molecular flexibility index (Phi) is 1.93. The van der Waals surface area contributed by atoms with Crippen LogP contribution in [-0.4, -0.2) is 14.5 Å². The molecule has 0 aromatic carbocycles. The predicted molar refractivity (Wildman–Crippen MR) is 49.2 cm³/mol. The van der Waals surface area contributed by atoms with Crippen molar-refractivity contribution in [2.45, 2.75) is 0 Å². The van der Waals surface area contributed by atoms with E-state index >= 15 is 0 Å². The van der Waals surface area contributed by atoms with E-state index in [0.717, 1.165) is 5.82 Å². The number of anilines is 1. The van der Waals surface area contributed by atoms with E-state index < -0.39 is 0 Å². The van der Waals surface area contributed by atoms with E-state index in [4.69, 9.17) is 5.84 Å². The molecule has 2 rings (SSSR count). The SMILES string of the molecule is NNc1cccc(-n2ccnc2)n1. The maximum atomic E-state index is 5.23. The number of nitrogens with two attached hydrogens (primary N) is 1. The van der Waals surface area contributed by atoms with Crippen molar-refractivity contribution >= 4 is 5.82 Å². The molecule has 0 amide bonds. The van der Waals surface area contributed by atoms with Gasteiger partial charge in [0, 0.05) is 12.4 Å². The number of nitrogens with one attached hydrogen (secondary N) is 1. The van der Waals surface area contributed by atoms with E-state index in [1.165, 1.54) is 0 Å². The van der Waals surface area contributed by atoms with Crippen molar-refractivity contribution in [3.8, 4) is 5.82 Å². The number of hydrazine groups is 1. The van der Waals surface area contributed by atoms with Gasteiger partial charge in [0.05, 0.1) is 0 Å². The number of imidazole rings is 1. The van der Waals surface area contributed by atoms with Crippen LogP contribution in [0, 0.1) is 0 Å². The molecule has 3 N–H and O–H groups in total. The molecular weight excluding hydrogens is 166 g/mol. The van der Waals surface area contributed by atoms with Gasteiger partial charge >= 0.3 is 0 Å². The molecule has 0 aliphatic carbocycles. The van der Waals surface area contributed by atoms with Gasteiger partial charge in [-0.3, -0.25) is 4.57 Å². The molecule has 0 radical (unpaired) electrons. The lowest BCUT2D eigenvalue weighted by Crippen LogP contribution is -2.09. The minimum absolute atomic E-state index is 0.631. The van der Waals surface area contributed by atoms with Crippen LogP contribution in [0.25, 0.3) is 5.82 Å². The molecule has 66 valence electrons. The van der Waals surface area contributed by atoms with E-state index in [0.29, 0.717) is 5.82 Å². The van der Waals surface area contributed by atoms with Crippen LogP contribution in [0.1, 0.15) is 0 Å².